The smallest absolute Gasteiger partial charge is 0.266 e. The van der Waals surface area contributed by atoms with E-state index in [2.05, 4.69) is 29.8 Å². The van der Waals surface area contributed by atoms with E-state index in [1.54, 1.807) is 17.7 Å². The average Bonchev–Trinajstić information content (AvgIpc) is 2.88. The number of rotatable bonds is 8. The monoisotopic (exact) mass is 547 g/mol. The van der Waals surface area contributed by atoms with Gasteiger partial charge in [-0.3, -0.25) is 14.2 Å². The lowest BCUT2D eigenvalue weighted by Gasteiger charge is -2.31. The second kappa shape index (κ2) is 11.1. The largest absolute Gasteiger partial charge is 0.495 e. The van der Waals surface area contributed by atoms with E-state index in [9.17, 15) is 9.59 Å². The number of carbonyl (C=O) groups is 1. The molecule has 0 saturated carbocycles. The van der Waals surface area contributed by atoms with Crippen molar-refractivity contribution in [1.82, 2.24) is 14.5 Å². The van der Waals surface area contributed by atoms with Gasteiger partial charge in [-0.25, -0.2) is 4.98 Å². The number of nitrogens with zero attached hydrogens (tertiary/aromatic N) is 3. The van der Waals surface area contributed by atoms with Gasteiger partial charge in [-0.15, -0.1) is 0 Å². The third kappa shape index (κ3) is 5.21. The molecule has 36 heavy (non-hydrogen) atoms. The zero-order valence-corrected chi connectivity index (χ0v) is 22.5. The number of fused-ring (bicyclic) bond motifs is 1. The number of ether oxygens (including phenoxy) is 1. The lowest BCUT2D eigenvalue weighted by molar-refractivity contribution is 0.0671. The number of hydrogen-bond acceptors (Lipinski definition) is 4. The van der Waals surface area contributed by atoms with E-state index in [-0.39, 0.29) is 11.5 Å². The first-order valence-electron chi connectivity index (χ1n) is 12.0. The van der Waals surface area contributed by atoms with Gasteiger partial charge in [0.15, 0.2) is 0 Å². The van der Waals surface area contributed by atoms with Crippen molar-refractivity contribution in [3.8, 4) is 11.4 Å². The minimum atomic E-state index is -0.488. The first kappa shape index (κ1) is 25.6. The maximum atomic E-state index is 13.9. The number of methoxy groups -OCH3 is 1. The molecule has 1 atom stereocenters. The molecule has 0 radical (unpaired) electrons. The Kier molecular flexibility index (Phi) is 7.89. The molecular formula is C29H30BrN3O3. The second-order valence-corrected chi connectivity index (χ2v) is 10.1. The summed E-state index contributed by atoms with van der Waals surface area (Å²) in [6.45, 7) is 6.72. The number of para-hydroxylation sites is 3. The number of carbonyl (C=O) groups excluding carboxylic acids is 1. The molecule has 3 aromatic carbocycles. The van der Waals surface area contributed by atoms with Gasteiger partial charge in [-0.1, -0.05) is 60.1 Å². The Morgan fingerprint density at radius 2 is 1.75 bits per heavy atom. The minimum absolute atomic E-state index is 0.113. The first-order chi connectivity index (χ1) is 17.3. The fourth-order valence-corrected chi connectivity index (χ4v) is 4.67. The van der Waals surface area contributed by atoms with Gasteiger partial charge < -0.3 is 9.64 Å². The molecule has 0 aliphatic heterocycles. The molecular weight excluding hydrogens is 518 g/mol. The third-order valence-corrected chi connectivity index (χ3v) is 6.74. The highest BCUT2D eigenvalue weighted by atomic mass is 79.9. The molecule has 1 amide bonds. The summed E-state index contributed by atoms with van der Waals surface area (Å²) in [5.74, 6) is 1.32. The van der Waals surface area contributed by atoms with Crippen molar-refractivity contribution in [3.05, 3.63) is 99.0 Å². The molecule has 0 N–H and O–H groups in total. The van der Waals surface area contributed by atoms with Crippen LogP contribution in [0.15, 0.2) is 82.1 Å². The van der Waals surface area contributed by atoms with Crippen LogP contribution in [0.25, 0.3) is 16.6 Å². The van der Waals surface area contributed by atoms with Gasteiger partial charge in [-0.05, 0) is 61.7 Å². The third-order valence-electron chi connectivity index (χ3n) is 6.25. The van der Waals surface area contributed by atoms with Crippen LogP contribution >= 0.6 is 15.9 Å². The maximum absolute atomic E-state index is 13.9. The van der Waals surface area contributed by atoms with E-state index in [1.165, 1.54) is 0 Å². The van der Waals surface area contributed by atoms with E-state index < -0.39 is 6.04 Å². The highest BCUT2D eigenvalue weighted by Crippen LogP contribution is 2.29. The lowest BCUT2D eigenvalue weighted by Crippen LogP contribution is -2.38. The van der Waals surface area contributed by atoms with Crippen LogP contribution in [-0.2, 0) is 0 Å². The van der Waals surface area contributed by atoms with Crippen molar-refractivity contribution in [3.63, 3.8) is 0 Å². The Bertz CT molecular complexity index is 1450. The molecule has 0 spiro atoms. The van der Waals surface area contributed by atoms with Gasteiger partial charge >= 0.3 is 0 Å². The highest BCUT2D eigenvalue weighted by molar-refractivity contribution is 9.10. The first-order valence-corrected chi connectivity index (χ1v) is 12.8. The summed E-state index contributed by atoms with van der Waals surface area (Å²) in [6.07, 6.45) is 0.816. The van der Waals surface area contributed by atoms with E-state index in [1.807, 2.05) is 78.6 Å². The SMILES string of the molecule is COc1ccccc1-n1c(C(C)N(CCC(C)C)C(=O)c2cccc(Br)c2)nc2ccccc2c1=O. The molecule has 0 fully saturated rings. The number of amides is 1. The maximum Gasteiger partial charge on any atom is 0.266 e. The minimum Gasteiger partial charge on any atom is -0.495 e. The zero-order chi connectivity index (χ0) is 25.8. The molecule has 0 aliphatic carbocycles. The number of aromatic nitrogens is 2. The van der Waals surface area contributed by atoms with E-state index >= 15 is 0 Å². The number of benzene rings is 3. The Hall–Kier alpha value is -3.45. The molecule has 4 rings (SSSR count). The topological polar surface area (TPSA) is 64.4 Å². The summed E-state index contributed by atoms with van der Waals surface area (Å²) in [7, 11) is 1.58. The van der Waals surface area contributed by atoms with Crippen molar-refractivity contribution < 1.29 is 9.53 Å². The van der Waals surface area contributed by atoms with E-state index in [0.29, 0.717) is 46.2 Å². The molecule has 0 aliphatic rings. The molecule has 1 heterocycles. The van der Waals surface area contributed by atoms with E-state index in [4.69, 9.17) is 9.72 Å². The summed E-state index contributed by atoms with van der Waals surface area (Å²) in [4.78, 5) is 34.4. The average molecular weight is 548 g/mol. The fourth-order valence-electron chi connectivity index (χ4n) is 4.27. The van der Waals surface area contributed by atoms with E-state index in [0.717, 1.165) is 10.9 Å². The van der Waals surface area contributed by atoms with Gasteiger partial charge in [0.1, 0.15) is 11.6 Å². The standard InChI is InChI=1S/C29H30BrN3O3/c1-19(2)16-17-32(28(34)21-10-9-11-22(30)18-21)20(3)27-31-24-13-6-5-12-23(24)29(35)33(27)25-14-7-8-15-26(25)36-4/h5-15,18-20H,16-17H2,1-4H3. The van der Waals surface area contributed by atoms with Crippen LogP contribution in [0.2, 0.25) is 0 Å². The van der Waals surface area contributed by atoms with Crippen molar-refractivity contribution in [1.29, 1.82) is 0 Å². The highest BCUT2D eigenvalue weighted by Gasteiger charge is 2.28. The normalized spacial score (nSPS) is 12.1. The van der Waals surface area contributed by atoms with Gasteiger partial charge in [0, 0.05) is 16.6 Å². The Balaban J connectivity index is 1.93. The second-order valence-electron chi connectivity index (χ2n) is 9.17. The Morgan fingerprint density at radius 3 is 2.47 bits per heavy atom. The van der Waals surface area contributed by atoms with Crippen molar-refractivity contribution in [2.75, 3.05) is 13.7 Å². The predicted octanol–water partition coefficient (Wildman–Crippen LogP) is 6.41. The molecule has 4 aromatic rings. The van der Waals surface area contributed by atoms with Crippen LogP contribution in [0.5, 0.6) is 5.75 Å². The molecule has 1 unspecified atom stereocenters. The molecule has 186 valence electrons. The van der Waals surface area contributed by atoms with Gasteiger partial charge in [0.25, 0.3) is 11.5 Å². The summed E-state index contributed by atoms with van der Waals surface area (Å²) in [5.41, 5.74) is 1.55. The molecule has 1 aromatic heterocycles. The van der Waals surface area contributed by atoms with Crippen LogP contribution in [0, 0.1) is 5.92 Å². The summed E-state index contributed by atoms with van der Waals surface area (Å²) >= 11 is 3.48. The predicted molar refractivity (Wildman–Crippen MR) is 147 cm³/mol. The number of halogens is 1. The van der Waals surface area contributed by atoms with Crippen LogP contribution in [0.4, 0.5) is 0 Å². The van der Waals surface area contributed by atoms with Gasteiger partial charge in [0.05, 0.1) is 29.7 Å². The molecule has 0 saturated heterocycles. The van der Waals surface area contributed by atoms with Crippen molar-refractivity contribution in [2.24, 2.45) is 5.92 Å². The van der Waals surface area contributed by atoms with Crippen LogP contribution in [0.1, 0.15) is 49.4 Å². The molecule has 0 bridgehead atoms. The van der Waals surface area contributed by atoms with Crippen LogP contribution in [0.3, 0.4) is 0 Å². The summed E-state index contributed by atoms with van der Waals surface area (Å²) < 4.78 is 8.02. The van der Waals surface area contributed by atoms with Gasteiger partial charge in [-0.2, -0.15) is 0 Å². The summed E-state index contributed by atoms with van der Waals surface area (Å²) in [6, 6.07) is 21.5. The lowest BCUT2D eigenvalue weighted by atomic mass is 10.1. The quantitative estimate of drug-likeness (QED) is 0.256. The van der Waals surface area contributed by atoms with Crippen molar-refractivity contribution >= 4 is 32.7 Å². The van der Waals surface area contributed by atoms with Crippen LogP contribution < -0.4 is 10.3 Å². The van der Waals surface area contributed by atoms with Gasteiger partial charge in [0.2, 0.25) is 0 Å². The molecule has 7 heteroatoms. The summed E-state index contributed by atoms with van der Waals surface area (Å²) in [5, 5.41) is 0.506. The Morgan fingerprint density at radius 1 is 1.03 bits per heavy atom. The Labute approximate surface area is 219 Å². The number of hydrogen-bond donors (Lipinski definition) is 0. The van der Waals surface area contributed by atoms with Crippen LogP contribution in [-0.4, -0.2) is 34.0 Å². The molecule has 6 nitrogen and oxygen atoms in total. The fraction of sp³-hybridized carbons (Fsp3) is 0.276. The van der Waals surface area contributed by atoms with Crippen molar-refractivity contribution in [2.45, 2.75) is 33.2 Å². The zero-order valence-electron chi connectivity index (χ0n) is 20.9.